The molecule has 0 fully saturated rings. The zero-order chi connectivity index (χ0) is 18.2. The van der Waals surface area contributed by atoms with Gasteiger partial charge in [-0.15, -0.1) is 0 Å². The summed E-state index contributed by atoms with van der Waals surface area (Å²) in [5, 5.41) is 4.42. The van der Waals surface area contributed by atoms with Gasteiger partial charge in [-0.2, -0.15) is 5.10 Å². The average Bonchev–Trinajstić information content (AvgIpc) is 3.10. The molecule has 1 atom stereocenters. The third-order valence-corrected chi connectivity index (χ3v) is 4.92. The summed E-state index contributed by atoms with van der Waals surface area (Å²) >= 11 is 0. The molecule has 1 aliphatic rings. The lowest BCUT2D eigenvalue weighted by Gasteiger charge is -2.15. The number of carbonyl (C=O) groups excluding carboxylic acids is 1. The highest BCUT2D eigenvalue weighted by Gasteiger charge is 2.24. The van der Waals surface area contributed by atoms with Gasteiger partial charge in [-0.25, -0.2) is 22.8 Å². The number of aromatic nitrogens is 3. The molecule has 0 saturated heterocycles. The molecule has 2 aromatic rings. The van der Waals surface area contributed by atoms with Crippen molar-refractivity contribution in [2.75, 3.05) is 6.26 Å². The third-order valence-electron chi connectivity index (χ3n) is 4.14. The summed E-state index contributed by atoms with van der Waals surface area (Å²) in [5.74, 6) is 0.174. The van der Waals surface area contributed by atoms with Gasteiger partial charge in [0.1, 0.15) is 5.82 Å². The predicted octanol–water partition coefficient (Wildman–Crippen LogP) is 0.394. The maximum absolute atomic E-state index is 11.6. The predicted molar refractivity (Wildman–Crippen MR) is 92.7 cm³/mol. The zero-order valence-corrected chi connectivity index (χ0v) is 15.0. The first-order valence-corrected chi connectivity index (χ1v) is 9.96. The van der Waals surface area contributed by atoms with Gasteiger partial charge in [-0.05, 0) is 43.4 Å². The van der Waals surface area contributed by atoms with Crippen LogP contribution >= 0.6 is 0 Å². The highest BCUT2D eigenvalue weighted by Crippen LogP contribution is 2.29. The summed E-state index contributed by atoms with van der Waals surface area (Å²) in [7, 11) is -3.42. The molecule has 8 nitrogen and oxygen atoms in total. The lowest BCUT2D eigenvalue weighted by atomic mass is 10.1. The number of fused-ring (bicyclic) bond motifs is 1. The molecule has 1 amide bonds. The molecule has 0 spiro atoms. The van der Waals surface area contributed by atoms with Gasteiger partial charge in [0, 0.05) is 0 Å². The van der Waals surface area contributed by atoms with Crippen LogP contribution in [0.3, 0.4) is 0 Å². The van der Waals surface area contributed by atoms with Gasteiger partial charge in [0.05, 0.1) is 24.4 Å². The first kappa shape index (κ1) is 17.6. The van der Waals surface area contributed by atoms with E-state index >= 15 is 0 Å². The van der Waals surface area contributed by atoms with Crippen LogP contribution in [0, 0.1) is 0 Å². The summed E-state index contributed by atoms with van der Waals surface area (Å²) in [6.45, 7) is 1.69. The van der Waals surface area contributed by atoms with Gasteiger partial charge < -0.3 is 5.73 Å². The number of sulfonamides is 1. The Morgan fingerprint density at radius 2 is 2.16 bits per heavy atom. The van der Waals surface area contributed by atoms with E-state index in [2.05, 4.69) is 20.9 Å². The second kappa shape index (κ2) is 6.57. The number of nitrogens with zero attached hydrogens (tertiary/aromatic N) is 3. The minimum absolute atomic E-state index is 0.0966. The second-order valence-corrected chi connectivity index (χ2v) is 8.10. The van der Waals surface area contributed by atoms with Crippen molar-refractivity contribution in [2.45, 2.75) is 38.6 Å². The van der Waals surface area contributed by atoms with Crippen molar-refractivity contribution >= 4 is 15.9 Å². The van der Waals surface area contributed by atoms with Crippen molar-refractivity contribution in [2.24, 2.45) is 5.73 Å². The first-order chi connectivity index (χ1) is 11.7. The van der Waals surface area contributed by atoms with E-state index in [4.69, 9.17) is 5.73 Å². The van der Waals surface area contributed by atoms with E-state index in [0.717, 1.165) is 31.2 Å². The maximum Gasteiger partial charge on any atom is 0.225 e. The molecule has 0 bridgehead atoms. The van der Waals surface area contributed by atoms with Crippen molar-refractivity contribution in [3.05, 3.63) is 41.0 Å². The Hall–Kier alpha value is -2.26. The van der Waals surface area contributed by atoms with E-state index in [0.29, 0.717) is 5.82 Å². The van der Waals surface area contributed by atoms with Crippen molar-refractivity contribution in [3.63, 3.8) is 0 Å². The van der Waals surface area contributed by atoms with Gasteiger partial charge in [-0.3, -0.25) is 4.79 Å². The number of amides is 1. The molecule has 3 N–H and O–H groups in total. The quantitative estimate of drug-likeness (QED) is 0.769. The van der Waals surface area contributed by atoms with E-state index in [-0.39, 0.29) is 12.2 Å². The van der Waals surface area contributed by atoms with Crippen LogP contribution in [0.1, 0.15) is 42.2 Å². The molecule has 0 saturated carbocycles. The number of hydrogen-bond acceptors (Lipinski definition) is 5. The second-order valence-electron chi connectivity index (χ2n) is 6.32. The molecular weight excluding hydrogens is 342 g/mol. The van der Waals surface area contributed by atoms with E-state index in [1.54, 1.807) is 11.6 Å². The van der Waals surface area contributed by atoms with Crippen LogP contribution in [-0.4, -0.2) is 35.3 Å². The Bertz CT molecular complexity index is 920. The van der Waals surface area contributed by atoms with E-state index in [1.807, 2.05) is 12.1 Å². The summed E-state index contributed by atoms with van der Waals surface area (Å²) in [6, 6.07) is 5.38. The molecule has 0 aliphatic heterocycles. The van der Waals surface area contributed by atoms with Gasteiger partial charge in [-0.1, -0.05) is 12.1 Å². The fourth-order valence-corrected chi connectivity index (χ4v) is 3.98. The SMILES string of the molecule is CC(NS(C)(=O)=O)c1nc(CC(N)=O)nn1-c1cccc2c1CCC2. The molecule has 134 valence electrons. The number of aryl methyl sites for hydroxylation is 1. The van der Waals surface area contributed by atoms with Crippen LogP contribution in [0.25, 0.3) is 5.69 Å². The number of benzene rings is 1. The van der Waals surface area contributed by atoms with Crippen LogP contribution in [0.2, 0.25) is 0 Å². The molecule has 1 aliphatic carbocycles. The molecular formula is C16H21N5O3S. The lowest BCUT2D eigenvalue weighted by molar-refractivity contribution is -0.117. The topological polar surface area (TPSA) is 120 Å². The number of primary amides is 1. The zero-order valence-electron chi connectivity index (χ0n) is 14.2. The monoisotopic (exact) mass is 363 g/mol. The standard InChI is InChI=1S/C16H21N5O3S/c1-10(20-25(2,23)24)16-18-15(9-14(17)22)19-21(16)13-8-4-6-11-5-3-7-12(11)13/h4,6,8,10,20H,3,5,7,9H2,1-2H3,(H2,17,22). The largest absolute Gasteiger partial charge is 0.369 e. The Morgan fingerprint density at radius 3 is 2.84 bits per heavy atom. The third kappa shape index (κ3) is 3.88. The smallest absolute Gasteiger partial charge is 0.225 e. The Morgan fingerprint density at radius 1 is 1.40 bits per heavy atom. The maximum atomic E-state index is 11.6. The van der Waals surface area contributed by atoms with Gasteiger partial charge in [0.25, 0.3) is 0 Å². The van der Waals surface area contributed by atoms with E-state index in [9.17, 15) is 13.2 Å². The average molecular weight is 363 g/mol. The van der Waals surface area contributed by atoms with Crippen LogP contribution < -0.4 is 10.5 Å². The summed E-state index contributed by atoms with van der Waals surface area (Å²) < 4.78 is 27.3. The highest BCUT2D eigenvalue weighted by molar-refractivity contribution is 7.88. The minimum Gasteiger partial charge on any atom is -0.369 e. The molecule has 25 heavy (non-hydrogen) atoms. The molecule has 1 unspecified atom stereocenters. The fourth-order valence-electron chi connectivity index (χ4n) is 3.23. The number of nitrogens with one attached hydrogen (secondary N) is 1. The summed E-state index contributed by atoms with van der Waals surface area (Å²) in [4.78, 5) is 15.6. The van der Waals surface area contributed by atoms with Crippen LogP contribution in [0.15, 0.2) is 18.2 Å². The number of rotatable bonds is 6. The van der Waals surface area contributed by atoms with Crippen molar-refractivity contribution < 1.29 is 13.2 Å². The van der Waals surface area contributed by atoms with E-state index < -0.39 is 22.0 Å². The van der Waals surface area contributed by atoms with Crippen LogP contribution in [0.4, 0.5) is 0 Å². The summed E-state index contributed by atoms with van der Waals surface area (Å²) in [6.07, 6.45) is 4.01. The highest BCUT2D eigenvalue weighted by atomic mass is 32.2. The van der Waals surface area contributed by atoms with Gasteiger partial charge in [0.15, 0.2) is 5.82 Å². The minimum atomic E-state index is -3.42. The summed E-state index contributed by atoms with van der Waals surface area (Å²) in [5.41, 5.74) is 8.57. The van der Waals surface area contributed by atoms with Crippen molar-refractivity contribution in [1.82, 2.24) is 19.5 Å². The Labute approximate surface area is 146 Å². The van der Waals surface area contributed by atoms with Gasteiger partial charge >= 0.3 is 0 Å². The molecule has 1 heterocycles. The molecule has 1 aromatic heterocycles. The number of carbonyl (C=O) groups is 1. The molecule has 1 aromatic carbocycles. The van der Waals surface area contributed by atoms with Crippen molar-refractivity contribution in [1.29, 1.82) is 0 Å². The van der Waals surface area contributed by atoms with E-state index in [1.165, 1.54) is 11.1 Å². The molecule has 3 rings (SSSR count). The molecule has 0 radical (unpaired) electrons. The number of hydrogen-bond donors (Lipinski definition) is 2. The number of nitrogens with two attached hydrogens (primary N) is 1. The Balaban J connectivity index is 2.10. The lowest BCUT2D eigenvalue weighted by Crippen LogP contribution is -2.27. The fraction of sp³-hybridized carbons (Fsp3) is 0.438. The van der Waals surface area contributed by atoms with Gasteiger partial charge in [0.2, 0.25) is 15.9 Å². The molecule has 9 heteroatoms. The normalized spacial score (nSPS) is 15.1. The van der Waals surface area contributed by atoms with Crippen LogP contribution in [0.5, 0.6) is 0 Å². The Kier molecular flexibility index (Phi) is 4.61. The first-order valence-electron chi connectivity index (χ1n) is 8.07. The van der Waals surface area contributed by atoms with Crippen molar-refractivity contribution in [3.8, 4) is 5.69 Å². The van der Waals surface area contributed by atoms with Crippen LogP contribution in [-0.2, 0) is 34.1 Å².